The van der Waals surface area contributed by atoms with E-state index in [1.807, 2.05) is 50.2 Å². The van der Waals surface area contributed by atoms with Crippen molar-refractivity contribution in [2.24, 2.45) is 0 Å². The van der Waals surface area contributed by atoms with E-state index in [0.29, 0.717) is 19.0 Å². The van der Waals surface area contributed by atoms with Crippen LogP contribution in [0.2, 0.25) is 0 Å². The maximum Gasteiger partial charge on any atom is 0.321 e. The molecular formula is C18H23N5O2. The van der Waals surface area contributed by atoms with Crippen molar-refractivity contribution in [3.8, 4) is 5.88 Å². The summed E-state index contributed by atoms with van der Waals surface area (Å²) >= 11 is 0. The SMILES string of the molecule is Cc1ccc(NC(=O)N2CCC(Oc3cncc(N(C)C)n3)C2)cc1. The lowest BCUT2D eigenvalue weighted by Gasteiger charge is -2.18. The molecule has 2 heterocycles. The maximum absolute atomic E-state index is 12.4. The molecule has 2 amide bonds. The highest BCUT2D eigenvalue weighted by atomic mass is 16.5. The van der Waals surface area contributed by atoms with Gasteiger partial charge in [0.15, 0.2) is 5.82 Å². The molecule has 1 atom stereocenters. The van der Waals surface area contributed by atoms with Crippen LogP contribution in [0, 0.1) is 6.92 Å². The van der Waals surface area contributed by atoms with E-state index in [9.17, 15) is 4.79 Å². The van der Waals surface area contributed by atoms with Gasteiger partial charge in [0.05, 0.1) is 18.9 Å². The van der Waals surface area contributed by atoms with Gasteiger partial charge in [-0.25, -0.2) is 4.79 Å². The van der Waals surface area contributed by atoms with Crippen molar-refractivity contribution < 1.29 is 9.53 Å². The van der Waals surface area contributed by atoms with Gasteiger partial charge < -0.3 is 19.9 Å². The van der Waals surface area contributed by atoms with Gasteiger partial charge in [-0.2, -0.15) is 4.98 Å². The minimum atomic E-state index is -0.108. The summed E-state index contributed by atoms with van der Waals surface area (Å²) in [6.45, 7) is 3.21. The van der Waals surface area contributed by atoms with Crippen LogP contribution < -0.4 is 15.0 Å². The fraction of sp³-hybridized carbons (Fsp3) is 0.389. The number of amides is 2. The Hall–Kier alpha value is -2.83. The molecule has 0 bridgehead atoms. The first kappa shape index (κ1) is 17.0. The van der Waals surface area contributed by atoms with Gasteiger partial charge in [-0.1, -0.05) is 17.7 Å². The Morgan fingerprint density at radius 1 is 1.28 bits per heavy atom. The van der Waals surface area contributed by atoms with Gasteiger partial charge in [-0.3, -0.25) is 4.98 Å². The van der Waals surface area contributed by atoms with E-state index in [0.717, 1.165) is 23.5 Å². The number of rotatable bonds is 4. The number of hydrogen-bond acceptors (Lipinski definition) is 5. The fourth-order valence-corrected chi connectivity index (χ4v) is 2.63. The second-order valence-electron chi connectivity index (χ2n) is 6.38. The molecule has 3 rings (SSSR count). The number of urea groups is 1. The number of anilines is 2. The highest BCUT2D eigenvalue weighted by Crippen LogP contribution is 2.19. The number of aromatic nitrogens is 2. The highest BCUT2D eigenvalue weighted by molar-refractivity contribution is 5.89. The second kappa shape index (κ2) is 7.38. The summed E-state index contributed by atoms with van der Waals surface area (Å²) in [5.74, 6) is 1.22. The third-order valence-corrected chi connectivity index (χ3v) is 4.08. The predicted octanol–water partition coefficient (Wildman–Crippen LogP) is 2.54. The molecule has 1 unspecified atom stereocenters. The van der Waals surface area contributed by atoms with Crippen LogP contribution in [-0.4, -0.2) is 54.2 Å². The Kier molecular flexibility index (Phi) is 5.02. The van der Waals surface area contributed by atoms with Crippen LogP contribution in [0.1, 0.15) is 12.0 Å². The van der Waals surface area contributed by atoms with E-state index in [-0.39, 0.29) is 12.1 Å². The van der Waals surface area contributed by atoms with Crippen LogP contribution in [0.4, 0.5) is 16.3 Å². The van der Waals surface area contributed by atoms with Crippen molar-refractivity contribution in [1.82, 2.24) is 14.9 Å². The lowest BCUT2D eigenvalue weighted by molar-refractivity contribution is 0.189. The Morgan fingerprint density at radius 2 is 2.04 bits per heavy atom. The maximum atomic E-state index is 12.4. The lowest BCUT2D eigenvalue weighted by atomic mass is 10.2. The molecule has 2 aromatic rings. The Labute approximate surface area is 147 Å². The number of nitrogens with one attached hydrogen (secondary N) is 1. The number of ether oxygens (including phenoxy) is 1. The topological polar surface area (TPSA) is 70.6 Å². The summed E-state index contributed by atoms with van der Waals surface area (Å²) in [6.07, 6.45) is 3.98. The van der Waals surface area contributed by atoms with Gasteiger partial charge in [0.2, 0.25) is 5.88 Å². The molecular weight excluding hydrogens is 318 g/mol. The van der Waals surface area contributed by atoms with Gasteiger partial charge in [0, 0.05) is 32.7 Å². The molecule has 1 aliphatic heterocycles. The van der Waals surface area contributed by atoms with E-state index < -0.39 is 0 Å². The first-order valence-electron chi connectivity index (χ1n) is 8.30. The molecule has 1 saturated heterocycles. The number of likely N-dealkylation sites (tertiary alicyclic amines) is 1. The summed E-state index contributed by atoms with van der Waals surface area (Å²) in [5.41, 5.74) is 1.96. The lowest BCUT2D eigenvalue weighted by Crippen LogP contribution is -2.34. The number of hydrogen-bond donors (Lipinski definition) is 1. The summed E-state index contributed by atoms with van der Waals surface area (Å²) in [6, 6.07) is 7.64. The number of carbonyl (C=O) groups is 1. The number of carbonyl (C=O) groups excluding carboxylic acids is 1. The fourth-order valence-electron chi connectivity index (χ4n) is 2.63. The molecule has 0 radical (unpaired) electrons. The first-order chi connectivity index (χ1) is 12.0. The van der Waals surface area contributed by atoms with Crippen LogP contribution in [-0.2, 0) is 0 Å². The van der Waals surface area contributed by atoms with E-state index in [2.05, 4.69) is 15.3 Å². The molecule has 7 heteroatoms. The number of benzene rings is 1. The van der Waals surface area contributed by atoms with Gasteiger partial charge in [-0.05, 0) is 19.1 Å². The molecule has 0 spiro atoms. The molecule has 132 valence electrons. The summed E-state index contributed by atoms with van der Waals surface area (Å²) in [7, 11) is 3.81. The Balaban J connectivity index is 1.55. The monoisotopic (exact) mass is 341 g/mol. The zero-order chi connectivity index (χ0) is 17.8. The molecule has 7 nitrogen and oxygen atoms in total. The number of nitrogens with zero attached hydrogens (tertiary/aromatic N) is 4. The average molecular weight is 341 g/mol. The van der Waals surface area contributed by atoms with Crippen LogP contribution in [0.25, 0.3) is 0 Å². The molecule has 0 saturated carbocycles. The van der Waals surface area contributed by atoms with Crippen molar-refractivity contribution in [2.45, 2.75) is 19.4 Å². The third kappa shape index (κ3) is 4.37. The summed E-state index contributed by atoms with van der Waals surface area (Å²) in [4.78, 5) is 24.5. The van der Waals surface area contributed by atoms with Crippen molar-refractivity contribution in [1.29, 1.82) is 0 Å². The summed E-state index contributed by atoms with van der Waals surface area (Å²) < 4.78 is 5.89. The van der Waals surface area contributed by atoms with Crippen LogP contribution >= 0.6 is 0 Å². The van der Waals surface area contributed by atoms with Crippen molar-refractivity contribution >= 4 is 17.5 Å². The van der Waals surface area contributed by atoms with Gasteiger partial charge >= 0.3 is 6.03 Å². The Morgan fingerprint density at radius 3 is 2.76 bits per heavy atom. The van der Waals surface area contributed by atoms with Gasteiger partial charge in [-0.15, -0.1) is 0 Å². The van der Waals surface area contributed by atoms with E-state index in [1.165, 1.54) is 0 Å². The van der Waals surface area contributed by atoms with Crippen LogP contribution in [0.3, 0.4) is 0 Å². The smallest absolute Gasteiger partial charge is 0.321 e. The van der Waals surface area contributed by atoms with Crippen LogP contribution in [0.15, 0.2) is 36.7 Å². The molecule has 1 N–H and O–H groups in total. The quantitative estimate of drug-likeness (QED) is 0.925. The highest BCUT2D eigenvalue weighted by Gasteiger charge is 2.28. The average Bonchev–Trinajstić information content (AvgIpc) is 3.06. The zero-order valence-electron chi connectivity index (χ0n) is 14.8. The second-order valence-corrected chi connectivity index (χ2v) is 6.38. The molecule has 0 aliphatic carbocycles. The molecule has 25 heavy (non-hydrogen) atoms. The van der Waals surface area contributed by atoms with E-state index in [1.54, 1.807) is 17.3 Å². The molecule has 1 aromatic heterocycles. The minimum Gasteiger partial charge on any atom is -0.471 e. The van der Waals surface area contributed by atoms with Crippen molar-refractivity contribution in [2.75, 3.05) is 37.4 Å². The van der Waals surface area contributed by atoms with E-state index >= 15 is 0 Å². The molecule has 1 aromatic carbocycles. The predicted molar refractivity (Wildman–Crippen MR) is 97.2 cm³/mol. The standard InChI is InChI=1S/C18H23N5O2/c1-13-4-6-14(7-5-13)20-18(24)23-9-8-15(12-23)25-17-11-19-10-16(21-17)22(2)3/h4-7,10-11,15H,8-9,12H2,1-3H3,(H,20,24). The third-order valence-electron chi connectivity index (χ3n) is 4.08. The number of aryl methyl sites for hydroxylation is 1. The minimum absolute atomic E-state index is 0.0736. The van der Waals surface area contributed by atoms with Crippen molar-refractivity contribution in [3.63, 3.8) is 0 Å². The largest absolute Gasteiger partial charge is 0.471 e. The Bertz CT molecular complexity index is 733. The first-order valence-corrected chi connectivity index (χ1v) is 8.30. The van der Waals surface area contributed by atoms with E-state index in [4.69, 9.17) is 4.74 Å². The van der Waals surface area contributed by atoms with Crippen LogP contribution in [0.5, 0.6) is 5.88 Å². The van der Waals surface area contributed by atoms with Gasteiger partial charge in [0.1, 0.15) is 6.10 Å². The van der Waals surface area contributed by atoms with Crippen molar-refractivity contribution in [3.05, 3.63) is 42.2 Å². The molecule has 1 aliphatic rings. The zero-order valence-corrected chi connectivity index (χ0v) is 14.8. The summed E-state index contributed by atoms with van der Waals surface area (Å²) in [5, 5.41) is 2.92. The normalized spacial score (nSPS) is 16.6. The van der Waals surface area contributed by atoms with Gasteiger partial charge in [0.25, 0.3) is 0 Å². The molecule has 1 fully saturated rings.